The van der Waals surface area contributed by atoms with E-state index >= 15 is 0 Å². The molecule has 0 radical (unpaired) electrons. The lowest BCUT2D eigenvalue weighted by atomic mass is 9.87. The number of pyridine rings is 1. The lowest BCUT2D eigenvalue weighted by Crippen LogP contribution is -2.49. The summed E-state index contributed by atoms with van der Waals surface area (Å²) in [7, 11) is 18.1. The zero-order valence-electron chi connectivity index (χ0n) is 83.3. The highest BCUT2D eigenvalue weighted by Crippen LogP contribution is 2.37. The van der Waals surface area contributed by atoms with Gasteiger partial charge in [-0.05, 0) is 370 Å². The number of hydrogen-bond acceptors (Lipinski definition) is 24. The van der Waals surface area contributed by atoms with E-state index in [1.807, 2.05) is 150 Å². The van der Waals surface area contributed by atoms with Gasteiger partial charge in [0.25, 0.3) is 0 Å². The Balaban J connectivity index is 0.00000142. The summed E-state index contributed by atoms with van der Waals surface area (Å²) in [5.74, 6) is 2.64. The van der Waals surface area contributed by atoms with E-state index in [4.69, 9.17) is 33.3 Å². The number of nitrogens with zero attached hydrogens (tertiary/aromatic N) is 2. The van der Waals surface area contributed by atoms with Gasteiger partial charge in [-0.1, -0.05) is 123 Å². The third-order valence-corrected chi connectivity index (χ3v) is 25.9. The van der Waals surface area contributed by atoms with Crippen molar-refractivity contribution in [2.24, 2.45) is 22.4 Å². The van der Waals surface area contributed by atoms with Crippen molar-refractivity contribution in [3.05, 3.63) is 178 Å². The Morgan fingerprint density at radius 2 is 0.884 bits per heavy atom. The minimum atomic E-state index is -0.750. The summed E-state index contributed by atoms with van der Waals surface area (Å²) in [4.78, 5) is 120. The highest BCUT2D eigenvalue weighted by molar-refractivity contribution is 6.30. The number of fused-ring (bicyclic) bond motifs is 2. The molecule has 2 fully saturated rings. The standard InChI is InChI=1S/C15H18ClNO.C15H19NO.C12H17NO2.C12H17NO.C10H14N2O.C9H20N4O.C9H19NO.C8H15NO.C6H13NO2.C6H11NO/c1-10(18)15(2,17-3)9-12-5-4-11-8-13(16)6-7-14(11)12;1-11(17)15(2,16-3)10-13-9-8-12-6-4-5-7-14(12)13;1-9(14)12(13-2)8-5-10-3-6-11(15)7-4-10;1-10(14)12(2,13-3)9-11-7-5-4-6-8-11;1-8(13)10(11-2)7-9-3-5-12-6-4-9;1-7(14)9(2,12-3)5-4-6-13-8(10)11;1-7(2)6-9(4,10-5)8(3)11;1-7(10)8(9-2)5-3-4-6-8;1-5(9)6(2,4-8)7-3;1-5(8)6(7-2)3-4-6/h5-8,17H,4,9H2,1-3H3;4-7,9,16H,8,10H2,1-3H3;3-4,6-7,12-13,15H,5,8H2,1-2H3;4-8,13H,9H2,1-3H3;3-6,10-11H,7H2,1-2H3;12H,4-6H2,1-3H3,(H4,10,11,13);7,10H,6H2,1-5H3;9H,3-6H2,1-2H3;7-8H,4H2,1-3H3;7H,3-4H2,1-2H3/t2*15-;2*12-;10-;2*9-;;6-;/m0000000.0./s1. The molecule has 129 heavy (non-hydrogen) atoms. The Labute approximate surface area is 778 Å². The van der Waals surface area contributed by atoms with Crippen molar-refractivity contribution < 1.29 is 58.2 Å². The number of halogens is 1. The average molecular weight is 1810 g/mol. The second kappa shape index (κ2) is 59.5. The molecule has 720 valence electrons. The van der Waals surface area contributed by atoms with E-state index in [1.54, 1.807) is 122 Å². The number of aromatic nitrogens is 1. The van der Waals surface area contributed by atoms with Crippen molar-refractivity contribution in [2.45, 2.75) is 290 Å². The molecule has 1 heterocycles. The molecule has 4 aromatic carbocycles. The van der Waals surface area contributed by atoms with Gasteiger partial charge in [-0.15, -0.1) is 0 Å². The summed E-state index contributed by atoms with van der Waals surface area (Å²) in [6.45, 7) is 32.1. The first-order chi connectivity index (χ1) is 60.3. The van der Waals surface area contributed by atoms with Crippen LogP contribution in [0.4, 0.5) is 0 Å². The molecule has 4 aliphatic carbocycles. The predicted octanol–water partition coefficient (Wildman–Crippen LogP) is 12.1. The quantitative estimate of drug-likeness (QED) is 0.00991. The summed E-state index contributed by atoms with van der Waals surface area (Å²) in [5, 5.41) is 48.8. The topological polar surface area (TPSA) is 409 Å². The fourth-order valence-electron chi connectivity index (χ4n) is 14.1. The molecule has 16 N–H and O–H groups in total. The van der Waals surface area contributed by atoms with Crippen LogP contribution in [0.3, 0.4) is 0 Å². The second-order valence-electron chi connectivity index (χ2n) is 35.5. The molecule has 8 atom stereocenters. The maximum atomic E-state index is 11.7. The van der Waals surface area contributed by atoms with Crippen LogP contribution in [-0.2, 0) is 80.0 Å². The number of aryl methyl sites for hydroxylation is 1. The molecular weight excluding hydrogens is 1650 g/mol. The highest BCUT2D eigenvalue weighted by atomic mass is 35.5. The molecular formula is C102H163ClN14O12. The summed E-state index contributed by atoms with van der Waals surface area (Å²) in [5.41, 5.74) is 18.3. The summed E-state index contributed by atoms with van der Waals surface area (Å²) < 4.78 is 0. The van der Waals surface area contributed by atoms with E-state index in [-0.39, 0.29) is 99.1 Å². The monoisotopic (exact) mass is 1810 g/mol. The van der Waals surface area contributed by atoms with Crippen LogP contribution in [0.15, 0.2) is 139 Å². The number of aliphatic hydroxyl groups is 1. The van der Waals surface area contributed by atoms with Crippen LogP contribution in [0.25, 0.3) is 11.1 Å². The molecule has 26 nitrogen and oxygen atoms in total. The Morgan fingerprint density at radius 3 is 1.23 bits per heavy atom. The molecule has 0 aliphatic heterocycles. The van der Waals surface area contributed by atoms with Gasteiger partial charge in [0.15, 0.2) is 11.7 Å². The minimum absolute atomic E-state index is 0.0486. The van der Waals surface area contributed by atoms with E-state index in [1.165, 1.54) is 58.7 Å². The number of aliphatic imine (C=N–C) groups is 1. The zero-order valence-corrected chi connectivity index (χ0v) is 84.0. The molecule has 0 spiro atoms. The number of phenols is 1. The SMILES string of the molecule is CNC1(C(C)=O)CC1.CNC1(C(C)=O)CCCC1.CN[C@@H](CCc1ccc(O)cc1)C(C)=O.CN[C@@H](Cc1ccncc1)C(C)=O.CN[C@@](C)(CC(C)C)C(C)=O.CN[C@@](C)(CC1=CCc2cc(Cl)ccc21)C(C)=O.CN[C@@](C)(CC1=CCc2ccccc21)C(C)=O.CN[C@@](C)(CCCN=C(N)N)C(C)=O.CN[C@@](C)(CO)C(C)=O.CN[C@@](C)(Cc1ccccc1)C(C)=O. The number of hydrogen-bond donors (Lipinski definition) is 14. The van der Waals surface area contributed by atoms with Gasteiger partial charge in [-0.2, -0.15) is 0 Å². The van der Waals surface area contributed by atoms with Crippen LogP contribution in [0.2, 0.25) is 5.02 Å². The van der Waals surface area contributed by atoms with Crippen LogP contribution in [-0.4, -0.2) is 219 Å². The summed E-state index contributed by atoms with van der Waals surface area (Å²) in [6.07, 6.45) is 23.3. The first-order valence-corrected chi connectivity index (χ1v) is 45.3. The molecule has 2 saturated carbocycles. The molecule has 0 amide bonds. The fourth-order valence-corrected chi connectivity index (χ4v) is 14.3. The molecule has 0 saturated heterocycles. The van der Waals surface area contributed by atoms with Crippen LogP contribution in [0, 0.1) is 5.92 Å². The van der Waals surface area contributed by atoms with Gasteiger partial charge in [0.2, 0.25) is 0 Å². The molecule has 27 heteroatoms. The van der Waals surface area contributed by atoms with Crippen molar-refractivity contribution in [2.75, 3.05) is 83.6 Å². The fraction of sp³-hybridized carbons (Fsp3) is 0.569. The van der Waals surface area contributed by atoms with E-state index in [0.717, 1.165) is 106 Å². The largest absolute Gasteiger partial charge is 0.508 e. The number of guanidine groups is 1. The van der Waals surface area contributed by atoms with Gasteiger partial charge in [0.05, 0.1) is 63.0 Å². The number of nitrogens with two attached hydrogens (primary N) is 2. The Morgan fingerprint density at radius 1 is 0.473 bits per heavy atom. The molecule has 0 bridgehead atoms. The Bertz CT molecular complexity index is 4390. The number of carbonyl (C=O) groups is 10. The predicted molar refractivity (Wildman–Crippen MR) is 530 cm³/mol. The van der Waals surface area contributed by atoms with Crippen molar-refractivity contribution in [3.8, 4) is 5.75 Å². The van der Waals surface area contributed by atoms with Gasteiger partial charge in [0, 0.05) is 24.0 Å². The van der Waals surface area contributed by atoms with Gasteiger partial charge in [-0.3, -0.25) is 57.9 Å². The van der Waals surface area contributed by atoms with Gasteiger partial charge in [0.1, 0.15) is 57.8 Å². The minimum Gasteiger partial charge on any atom is -0.508 e. The second-order valence-corrected chi connectivity index (χ2v) is 35.9. The molecule has 4 aliphatic rings. The molecule has 5 aromatic rings. The number of aliphatic hydroxyl groups excluding tert-OH is 1. The third-order valence-electron chi connectivity index (χ3n) is 25.7. The normalized spacial score (nSPS) is 16.3. The maximum Gasteiger partial charge on any atom is 0.185 e. The van der Waals surface area contributed by atoms with E-state index < -0.39 is 27.7 Å². The number of allylic oxidation sites excluding steroid dienone is 2. The summed E-state index contributed by atoms with van der Waals surface area (Å²) >= 11 is 5.99. The summed E-state index contributed by atoms with van der Waals surface area (Å²) in [6, 6.07) is 35.2. The number of phenolic OH excluding ortho intramolecular Hbond substituents is 1. The number of benzene rings is 4. The highest BCUT2D eigenvalue weighted by Gasteiger charge is 2.45. The van der Waals surface area contributed by atoms with Crippen LogP contribution in [0.1, 0.15) is 241 Å². The Kier molecular flexibility index (Phi) is 55.4. The number of carbonyl (C=O) groups excluding carboxylic acids is 10. The molecule has 9 rings (SSSR count). The number of likely N-dealkylation sites (N-methyl/N-ethyl adjacent to an activating group) is 10. The lowest BCUT2D eigenvalue weighted by Gasteiger charge is -2.27. The van der Waals surface area contributed by atoms with E-state index in [9.17, 15) is 47.9 Å². The van der Waals surface area contributed by atoms with Crippen molar-refractivity contribution in [1.29, 1.82) is 0 Å². The maximum absolute atomic E-state index is 11.7. The van der Waals surface area contributed by atoms with Crippen molar-refractivity contribution >= 4 is 86.5 Å². The van der Waals surface area contributed by atoms with Gasteiger partial charge in [-0.25, -0.2) is 0 Å². The molecule has 0 unspecified atom stereocenters. The number of ketones is 10. The Hall–Kier alpha value is -8.87. The smallest absolute Gasteiger partial charge is 0.185 e. The zero-order chi connectivity index (χ0) is 98.9. The third kappa shape index (κ3) is 42.1. The van der Waals surface area contributed by atoms with E-state index in [0.29, 0.717) is 24.7 Å². The number of aromatic hydroxyl groups is 1. The van der Waals surface area contributed by atoms with Crippen LogP contribution < -0.4 is 64.6 Å². The lowest BCUT2D eigenvalue weighted by molar-refractivity contribution is -0.124. The van der Waals surface area contributed by atoms with Crippen molar-refractivity contribution in [1.82, 2.24) is 58.2 Å². The molecule has 1 aromatic heterocycles. The first-order valence-electron chi connectivity index (χ1n) is 44.9. The number of Topliss-reactive ketones (excluding diaryl/α,β-unsaturated/α-hetero) is 10. The first kappa shape index (κ1) is 120. The number of rotatable bonds is 38. The van der Waals surface area contributed by atoms with Crippen molar-refractivity contribution in [3.63, 3.8) is 0 Å². The van der Waals surface area contributed by atoms with Crippen LogP contribution >= 0.6 is 11.6 Å². The van der Waals surface area contributed by atoms with E-state index in [2.05, 4.69) is 113 Å². The number of nitrogens with one attached hydrogen (secondary N) is 10. The average Bonchev–Trinajstić information content (AvgIpc) is 1.67. The van der Waals surface area contributed by atoms with Crippen LogP contribution in [0.5, 0.6) is 5.75 Å². The van der Waals surface area contributed by atoms with Gasteiger partial charge >= 0.3 is 0 Å². The van der Waals surface area contributed by atoms with Gasteiger partial charge < -0.3 is 74.8 Å².